The van der Waals surface area contributed by atoms with E-state index in [-0.39, 0.29) is 0 Å². The SMILES string of the molecule is COc1cccc(N(C)C(=O)NC(CCSC)C(=O)O)c1. The van der Waals surface area contributed by atoms with Gasteiger partial charge >= 0.3 is 12.0 Å². The van der Waals surface area contributed by atoms with Crippen molar-refractivity contribution < 1.29 is 19.4 Å². The number of methoxy groups -OCH3 is 1. The number of anilines is 1. The Balaban J connectivity index is 2.74. The lowest BCUT2D eigenvalue weighted by atomic mass is 10.2. The lowest BCUT2D eigenvalue weighted by Gasteiger charge is -2.21. The van der Waals surface area contributed by atoms with Gasteiger partial charge in [0.25, 0.3) is 0 Å². The first-order chi connectivity index (χ1) is 9.99. The molecule has 0 spiro atoms. The monoisotopic (exact) mass is 312 g/mol. The molecule has 0 aliphatic heterocycles. The molecule has 116 valence electrons. The van der Waals surface area contributed by atoms with Gasteiger partial charge in [-0.25, -0.2) is 9.59 Å². The highest BCUT2D eigenvalue weighted by molar-refractivity contribution is 7.98. The number of hydrogen-bond donors (Lipinski definition) is 2. The second-order valence-electron chi connectivity index (χ2n) is 4.38. The average Bonchev–Trinajstić information content (AvgIpc) is 2.50. The Bertz CT molecular complexity index is 496. The molecule has 1 unspecified atom stereocenters. The largest absolute Gasteiger partial charge is 0.497 e. The molecule has 0 saturated carbocycles. The lowest BCUT2D eigenvalue weighted by Crippen LogP contribution is -2.47. The number of amides is 2. The summed E-state index contributed by atoms with van der Waals surface area (Å²) >= 11 is 1.54. The number of aliphatic carboxylic acids is 1. The third kappa shape index (κ3) is 5.18. The molecule has 6 nitrogen and oxygen atoms in total. The van der Waals surface area contributed by atoms with Gasteiger partial charge in [-0.05, 0) is 30.6 Å². The van der Waals surface area contributed by atoms with Crippen molar-refractivity contribution in [1.82, 2.24) is 5.32 Å². The van der Waals surface area contributed by atoms with Crippen molar-refractivity contribution in [2.45, 2.75) is 12.5 Å². The molecule has 0 aromatic heterocycles. The van der Waals surface area contributed by atoms with Crippen molar-refractivity contribution in [3.05, 3.63) is 24.3 Å². The quantitative estimate of drug-likeness (QED) is 0.805. The van der Waals surface area contributed by atoms with Crippen molar-refractivity contribution in [2.75, 3.05) is 31.1 Å². The smallest absolute Gasteiger partial charge is 0.326 e. The summed E-state index contributed by atoms with van der Waals surface area (Å²) < 4.78 is 5.10. The van der Waals surface area contributed by atoms with E-state index >= 15 is 0 Å². The Morgan fingerprint density at radius 2 is 2.19 bits per heavy atom. The molecule has 0 fully saturated rings. The van der Waals surface area contributed by atoms with Crippen LogP contribution in [0.1, 0.15) is 6.42 Å². The molecule has 1 atom stereocenters. The second-order valence-corrected chi connectivity index (χ2v) is 5.37. The van der Waals surface area contributed by atoms with Crippen molar-refractivity contribution in [3.8, 4) is 5.75 Å². The molecule has 2 amide bonds. The summed E-state index contributed by atoms with van der Waals surface area (Å²) in [4.78, 5) is 24.6. The van der Waals surface area contributed by atoms with Gasteiger partial charge in [0.2, 0.25) is 0 Å². The minimum Gasteiger partial charge on any atom is -0.497 e. The number of nitrogens with zero attached hydrogens (tertiary/aromatic N) is 1. The highest BCUT2D eigenvalue weighted by Gasteiger charge is 2.21. The van der Waals surface area contributed by atoms with Crippen molar-refractivity contribution in [1.29, 1.82) is 0 Å². The normalized spacial score (nSPS) is 11.6. The third-order valence-electron chi connectivity index (χ3n) is 2.95. The number of carboxylic acid groups (broad SMARTS) is 1. The molecule has 0 aliphatic rings. The first-order valence-electron chi connectivity index (χ1n) is 6.39. The summed E-state index contributed by atoms with van der Waals surface area (Å²) in [6, 6.07) is 5.64. The molecule has 0 heterocycles. The Hall–Kier alpha value is -1.89. The molecule has 1 aromatic rings. The number of rotatable bonds is 7. The summed E-state index contributed by atoms with van der Waals surface area (Å²) in [5.74, 6) is 0.265. The molecular formula is C14H20N2O4S. The Morgan fingerprint density at radius 3 is 2.76 bits per heavy atom. The van der Waals surface area contributed by atoms with Gasteiger partial charge in [-0.2, -0.15) is 11.8 Å². The van der Waals surface area contributed by atoms with Crippen LogP contribution in [0, 0.1) is 0 Å². The van der Waals surface area contributed by atoms with Crippen LogP contribution >= 0.6 is 11.8 Å². The van der Waals surface area contributed by atoms with E-state index in [1.54, 1.807) is 38.4 Å². The molecule has 0 bridgehead atoms. The molecule has 1 aromatic carbocycles. The zero-order valence-corrected chi connectivity index (χ0v) is 13.1. The van der Waals surface area contributed by atoms with Crippen LogP contribution < -0.4 is 15.0 Å². The molecule has 7 heteroatoms. The van der Waals surface area contributed by atoms with Gasteiger partial charge in [-0.3, -0.25) is 4.90 Å². The van der Waals surface area contributed by atoms with Crippen LogP contribution in [-0.2, 0) is 4.79 Å². The minimum atomic E-state index is -1.03. The number of benzene rings is 1. The summed E-state index contributed by atoms with van der Waals surface area (Å²) in [7, 11) is 3.12. The fraction of sp³-hybridized carbons (Fsp3) is 0.429. The van der Waals surface area contributed by atoms with Gasteiger partial charge < -0.3 is 15.2 Å². The van der Waals surface area contributed by atoms with E-state index in [1.165, 1.54) is 16.7 Å². The van der Waals surface area contributed by atoms with Gasteiger partial charge in [0.1, 0.15) is 11.8 Å². The standard InChI is InChI=1S/C14H20N2O4S/c1-16(10-5-4-6-11(9-10)20-2)14(19)15-12(13(17)18)7-8-21-3/h4-6,9,12H,7-8H2,1-3H3,(H,15,19)(H,17,18). The lowest BCUT2D eigenvalue weighted by molar-refractivity contribution is -0.139. The van der Waals surface area contributed by atoms with E-state index in [9.17, 15) is 9.59 Å². The summed E-state index contributed by atoms with van der Waals surface area (Å²) in [5, 5.41) is 11.6. The van der Waals surface area contributed by atoms with Gasteiger partial charge in [0.05, 0.1) is 7.11 Å². The second kappa shape index (κ2) is 8.41. The summed E-state index contributed by atoms with van der Waals surface area (Å²) in [6.07, 6.45) is 2.28. The van der Waals surface area contributed by atoms with Crippen molar-refractivity contribution in [3.63, 3.8) is 0 Å². The Labute approximate surface area is 128 Å². The number of carboxylic acids is 1. The van der Waals surface area contributed by atoms with E-state index in [2.05, 4.69) is 5.32 Å². The summed E-state index contributed by atoms with van der Waals surface area (Å²) in [6.45, 7) is 0. The maximum absolute atomic E-state index is 12.1. The fourth-order valence-electron chi connectivity index (χ4n) is 1.68. The maximum atomic E-state index is 12.1. The molecule has 1 rings (SSSR count). The number of carbonyl (C=O) groups is 2. The maximum Gasteiger partial charge on any atom is 0.326 e. The zero-order valence-electron chi connectivity index (χ0n) is 12.3. The van der Waals surface area contributed by atoms with Gasteiger partial charge in [-0.15, -0.1) is 0 Å². The summed E-state index contributed by atoms with van der Waals surface area (Å²) in [5.41, 5.74) is 0.626. The topological polar surface area (TPSA) is 78.9 Å². The molecular weight excluding hydrogens is 292 g/mol. The van der Waals surface area contributed by atoms with Crippen LogP contribution in [0.3, 0.4) is 0 Å². The van der Waals surface area contributed by atoms with E-state index in [0.29, 0.717) is 23.6 Å². The molecule has 0 aliphatic carbocycles. The minimum absolute atomic E-state index is 0.383. The van der Waals surface area contributed by atoms with Gasteiger partial charge in [0, 0.05) is 18.8 Å². The molecule has 0 radical (unpaired) electrons. The number of carbonyl (C=O) groups excluding carboxylic acids is 1. The van der Waals surface area contributed by atoms with Crippen molar-refractivity contribution >= 4 is 29.4 Å². The first-order valence-corrected chi connectivity index (χ1v) is 7.79. The third-order valence-corrected chi connectivity index (χ3v) is 3.60. The highest BCUT2D eigenvalue weighted by Crippen LogP contribution is 2.20. The Kier molecular flexibility index (Phi) is 6.87. The number of nitrogens with one attached hydrogen (secondary N) is 1. The number of hydrogen-bond acceptors (Lipinski definition) is 4. The highest BCUT2D eigenvalue weighted by atomic mass is 32.2. The van der Waals surface area contributed by atoms with Crippen LogP contribution in [0.4, 0.5) is 10.5 Å². The average molecular weight is 312 g/mol. The van der Waals surface area contributed by atoms with Crippen LogP contribution in [0.5, 0.6) is 5.75 Å². The predicted molar refractivity (Wildman–Crippen MR) is 84.4 cm³/mol. The number of urea groups is 1. The van der Waals surface area contributed by atoms with Crippen LogP contribution in [0.15, 0.2) is 24.3 Å². The van der Waals surface area contributed by atoms with E-state index < -0.39 is 18.0 Å². The van der Waals surface area contributed by atoms with Crippen LogP contribution in [0.2, 0.25) is 0 Å². The van der Waals surface area contributed by atoms with Gasteiger partial charge in [-0.1, -0.05) is 6.07 Å². The predicted octanol–water partition coefficient (Wildman–Crippen LogP) is 2.05. The molecule has 2 N–H and O–H groups in total. The fourth-order valence-corrected chi connectivity index (χ4v) is 2.15. The Morgan fingerprint density at radius 1 is 1.48 bits per heavy atom. The zero-order chi connectivity index (χ0) is 15.8. The van der Waals surface area contributed by atoms with Crippen molar-refractivity contribution in [2.24, 2.45) is 0 Å². The van der Waals surface area contributed by atoms with E-state index in [1.807, 2.05) is 6.26 Å². The van der Waals surface area contributed by atoms with Gasteiger partial charge in [0.15, 0.2) is 0 Å². The molecule has 0 saturated heterocycles. The number of ether oxygens (including phenoxy) is 1. The van der Waals surface area contributed by atoms with Crippen LogP contribution in [-0.4, -0.2) is 49.3 Å². The van der Waals surface area contributed by atoms with E-state index in [0.717, 1.165) is 0 Å². The van der Waals surface area contributed by atoms with E-state index in [4.69, 9.17) is 9.84 Å². The number of thioether (sulfide) groups is 1. The van der Waals surface area contributed by atoms with Crippen LogP contribution in [0.25, 0.3) is 0 Å². The first kappa shape index (κ1) is 17.2. The molecule has 21 heavy (non-hydrogen) atoms.